The molecule has 0 bridgehead atoms. The number of hydrogen-bond acceptors (Lipinski definition) is 6. The maximum atomic E-state index is 6.03. The Morgan fingerprint density at radius 3 is 2.81 bits per heavy atom. The summed E-state index contributed by atoms with van der Waals surface area (Å²) < 4.78 is 5.75. The fourth-order valence-electron chi connectivity index (χ4n) is 2.19. The number of nitrogens with zero attached hydrogens (tertiary/aromatic N) is 5. The first kappa shape index (κ1) is 13.9. The number of ether oxygens (including phenoxy) is 1. The molecule has 0 aliphatic carbocycles. The standard InChI is InChI=1S/C14H16ClN5O/c1-19(2)13-16-12(15)17-14(18-13)20-8-5-9-21-11-7-4-3-6-10(11)20/h3-4,6-7H,5,8-9H2,1-2H3. The van der Waals surface area contributed by atoms with Crippen LogP contribution in [0, 0.1) is 0 Å². The summed E-state index contributed by atoms with van der Waals surface area (Å²) in [6.07, 6.45) is 0.884. The summed E-state index contributed by atoms with van der Waals surface area (Å²) in [6.45, 7) is 1.44. The van der Waals surface area contributed by atoms with Gasteiger partial charge in [0.25, 0.3) is 0 Å². The molecular weight excluding hydrogens is 290 g/mol. The first-order valence-corrected chi connectivity index (χ1v) is 7.11. The van der Waals surface area contributed by atoms with Crippen LogP contribution in [0.2, 0.25) is 5.28 Å². The third kappa shape index (κ3) is 2.85. The monoisotopic (exact) mass is 305 g/mol. The predicted octanol–water partition coefficient (Wildman–Crippen LogP) is 2.51. The minimum atomic E-state index is 0.186. The first-order chi connectivity index (χ1) is 10.1. The summed E-state index contributed by atoms with van der Waals surface area (Å²) in [5, 5.41) is 0.186. The summed E-state index contributed by atoms with van der Waals surface area (Å²) in [5.74, 6) is 1.90. The predicted molar refractivity (Wildman–Crippen MR) is 82.7 cm³/mol. The molecule has 0 amide bonds. The summed E-state index contributed by atoms with van der Waals surface area (Å²) in [5.41, 5.74) is 0.946. The number of para-hydroxylation sites is 2. The van der Waals surface area contributed by atoms with Gasteiger partial charge in [0.2, 0.25) is 17.2 Å². The van der Waals surface area contributed by atoms with Crippen LogP contribution in [-0.2, 0) is 0 Å². The molecule has 6 nitrogen and oxygen atoms in total. The third-order valence-electron chi connectivity index (χ3n) is 3.17. The third-order valence-corrected chi connectivity index (χ3v) is 3.33. The Labute approximate surface area is 128 Å². The Balaban J connectivity index is 2.07. The van der Waals surface area contributed by atoms with Gasteiger partial charge in [0.05, 0.1) is 12.3 Å². The molecule has 110 valence electrons. The first-order valence-electron chi connectivity index (χ1n) is 6.73. The lowest BCUT2D eigenvalue weighted by molar-refractivity contribution is 0.322. The molecule has 0 radical (unpaired) electrons. The van der Waals surface area contributed by atoms with Crippen LogP contribution in [0.25, 0.3) is 0 Å². The van der Waals surface area contributed by atoms with Gasteiger partial charge in [-0.05, 0) is 30.2 Å². The molecule has 1 aliphatic rings. The second-order valence-electron chi connectivity index (χ2n) is 4.92. The zero-order chi connectivity index (χ0) is 14.8. The van der Waals surface area contributed by atoms with Crippen molar-refractivity contribution >= 4 is 29.2 Å². The minimum absolute atomic E-state index is 0.186. The fraction of sp³-hybridized carbons (Fsp3) is 0.357. The summed E-state index contributed by atoms with van der Waals surface area (Å²) in [4.78, 5) is 16.7. The Bertz CT molecular complexity index is 649. The van der Waals surface area contributed by atoms with Gasteiger partial charge in [-0.2, -0.15) is 15.0 Å². The molecule has 0 saturated carbocycles. The average Bonchev–Trinajstić information content (AvgIpc) is 2.69. The van der Waals surface area contributed by atoms with E-state index in [0.717, 1.165) is 24.4 Å². The maximum absolute atomic E-state index is 6.03. The highest BCUT2D eigenvalue weighted by molar-refractivity contribution is 6.28. The minimum Gasteiger partial charge on any atom is -0.491 e. The molecule has 1 aromatic carbocycles. The molecule has 0 fully saturated rings. The van der Waals surface area contributed by atoms with Gasteiger partial charge in [-0.3, -0.25) is 0 Å². The maximum Gasteiger partial charge on any atom is 0.236 e. The Morgan fingerprint density at radius 2 is 2.00 bits per heavy atom. The van der Waals surface area contributed by atoms with E-state index in [4.69, 9.17) is 16.3 Å². The number of rotatable bonds is 2. The molecule has 1 aliphatic heterocycles. The normalized spacial score (nSPS) is 14.1. The van der Waals surface area contributed by atoms with E-state index >= 15 is 0 Å². The van der Waals surface area contributed by atoms with E-state index in [-0.39, 0.29) is 5.28 Å². The van der Waals surface area contributed by atoms with E-state index in [9.17, 15) is 0 Å². The number of benzene rings is 1. The van der Waals surface area contributed by atoms with Crippen molar-refractivity contribution in [1.82, 2.24) is 15.0 Å². The quantitative estimate of drug-likeness (QED) is 0.850. The van der Waals surface area contributed by atoms with E-state index < -0.39 is 0 Å². The van der Waals surface area contributed by atoms with Gasteiger partial charge in [-0.15, -0.1) is 0 Å². The van der Waals surface area contributed by atoms with Gasteiger partial charge in [0.1, 0.15) is 5.75 Å². The lowest BCUT2D eigenvalue weighted by Crippen LogP contribution is -2.22. The number of hydrogen-bond donors (Lipinski definition) is 0. The SMILES string of the molecule is CN(C)c1nc(Cl)nc(N2CCCOc3ccccc32)n1. The van der Waals surface area contributed by atoms with Crippen molar-refractivity contribution in [2.45, 2.75) is 6.42 Å². The van der Waals surface area contributed by atoms with E-state index in [1.165, 1.54) is 0 Å². The number of aromatic nitrogens is 3. The molecule has 0 unspecified atom stereocenters. The van der Waals surface area contributed by atoms with Crippen molar-refractivity contribution < 1.29 is 4.74 Å². The summed E-state index contributed by atoms with van der Waals surface area (Å²) >= 11 is 6.03. The highest BCUT2D eigenvalue weighted by Crippen LogP contribution is 2.34. The Hall–Kier alpha value is -2.08. The van der Waals surface area contributed by atoms with Crippen LogP contribution in [0.5, 0.6) is 5.75 Å². The number of fused-ring (bicyclic) bond motifs is 1. The zero-order valence-corrected chi connectivity index (χ0v) is 12.7. The molecule has 1 aromatic heterocycles. The molecule has 0 spiro atoms. The fourth-order valence-corrected chi connectivity index (χ4v) is 2.34. The Kier molecular flexibility index (Phi) is 3.79. The molecule has 2 aromatic rings. The van der Waals surface area contributed by atoms with E-state index in [1.807, 2.05) is 43.3 Å². The molecule has 0 N–H and O–H groups in total. The highest BCUT2D eigenvalue weighted by Gasteiger charge is 2.21. The number of anilines is 3. The van der Waals surface area contributed by atoms with Crippen molar-refractivity contribution in [3.05, 3.63) is 29.5 Å². The van der Waals surface area contributed by atoms with Crippen LogP contribution in [0.3, 0.4) is 0 Å². The molecule has 21 heavy (non-hydrogen) atoms. The van der Waals surface area contributed by atoms with E-state index in [1.54, 1.807) is 4.90 Å². The van der Waals surface area contributed by atoms with Gasteiger partial charge in [-0.25, -0.2) is 0 Å². The molecule has 3 rings (SSSR count). The number of halogens is 1. The second-order valence-corrected chi connectivity index (χ2v) is 5.26. The molecule has 2 heterocycles. The molecule has 0 atom stereocenters. The summed E-state index contributed by atoms with van der Waals surface area (Å²) in [6, 6.07) is 7.86. The highest BCUT2D eigenvalue weighted by atomic mass is 35.5. The van der Waals surface area contributed by atoms with Crippen LogP contribution < -0.4 is 14.5 Å². The topological polar surface area (TPSA) is 54.4 Å². The van der Waals surface area contributed by atoms with Crippen molar-refractivity contribution in [3.8, 4) is 5.75 Å². The van der Waals surface area contributed by atoms with Gasteiger partial charge < -0.3 is 14.5 Å². The van der Waals surface area contributed by atoms with Gasteiger partial charge in [0, 0.05) is 20.6 Å². The van der Waals surface area contributed by atoms with Crippen molar-refractivity contribution in [1.29, 1.82) is 0 Å². The molecule has 0 saturated heterocycles. The van der Waals surface area contributed by atoms with Crippen LogP contribution in [-0.4, -0.2) is 42.2 Å². The van der Waals surface area contributed by atoms with Gasteiger partial charge in [-0.1, -0.05) is 12.1 Å². The lowest BCUT2D eigenvalue weighted by atomic mass is 10.2. The van der Waals surface area contributed by atoms with Crippen LogP contribution in [0.15, 0.2) is 24.3 Å². The van der Waals surface area contributed by atoms with E-state index in [0.29, 0.717) is 18.5 Å². The van der Waals surface area contributed by atoms with Crippen molar-refractivity contribution in [3.63, 3.8) is 0 Å². The van der Waals surface area contributed by atoms with Gasteiger partial charge in [0.15, 0.2) is 0 Å². The second kappa shape index (κ2) is 5.73. The Morgan fingerprint density at radius 1 is 1.19 bits per heavy atom. The van der Waals surface area contributed by atoms with Crippen LogP contribution >= 0.6 is 11.6 Å². The zero-order valence-electron chi connectivity index (χ0n) is 12.0. The largest absolute Gasteiger partial charge is 0.491 e. The van der Waals surface area contributed by atoms with Crippen LogP contribution in [0.4, 0.5) is 17.6 Å². The lowest BCUT2D eigenvalue weighted by Gasteiger charge is -2.22. The molecule has 7 heteroatoms. The van der Waals surface area contributed by atoms with Gasteiger partial charge >= 0.3 is 0 Å². The van der Waals surface area contributed by atoms with E-state index in [2.05, 4.69) is 15.0 Å². The van der Waals surface area contributed by atoms with Crippen LogP contribution in [0.1, 0.15) is 6.42 Å². The average molecular weight is 306 g/mol. The van der Waals surface area contributed by atoms with Crippen molar-refractivity contribution in [2.24, 2.45) is 0 Å². The molecular formula is C14H16ClN5O. The van der Waals surface area contributed by atoms with Crippen molar-refractivity contribution in [2.75, 3.05) is 37.0 Å². The summed E-state index contributed by atoms with van der Waals surface area (Å²) in [7, 11) is 3.74. The smallest absolute Gasteiger partial charge is 0.236 e.